The average molecular weight is 256 g/mol. The molecule has 0 unspecified atom stereocenters. The van der Waals surface area contributed by atoms with Crippen LogP contribution in [0.3, 0.4) is 0 Å². The molecule has 1 aromatic heterocycles. The highest BCUT2D eigenvalue weighted by molar-refractivity contribution is 5.72. The van der Waals surface area contributed by atoms with Gasteiger partial charge in [0.15, 0.2) is 0 Å². The molecular formula is C12H11F3N2O. The van der Waals surface area contributed by atoms with Crippen LogP contribution in [0.15, 0.2) is 18.5 Å². The van der Waals surface area contributed by atoms with Crippen LogP contribution in [0, 0.1) is 11.8 Å². The Labute approximate surface area is 102 Å². The standard InChI is InChI=1S/C12H11F3N2O/c1-9(18)17-6-3-2-4-10-8-16-7-5-11(10)12(13,14)15/h5,7-8H,3,6H2,1H3,(H,17,18). The molecule has 0 spiro atoms. The number of rotatable bonds is 2. The van der Waals surface area contributed by atoms with Gasteiger partial charge in [0.25, 0.3) is 0 Å². The molecule has 3 nitrogen and oxygen atoms in total. The maximum absolute atomic E-state index is 12.6. The molecule has 0 aromatic carbocycles. The molecule has 0 aliphatic carbocycles. The van der Waals surface area contributed by atoms with E-state index in [0.29, 0.717) is 6.54 Å². The van der Waals surface area contributed by atoms with Gasteiger partial charge in [-0.1, -0.05) is 11.8 Å². The van der Waals surface area contributed by atoms with E-state index >= 15 is 0 Å². The zero-order valence-electron chi connectivity index (χ0n) is 9.64. The summed E-state index contributed by atoms with van der Waals surface area (Å²) in [5.74, 6) is 4.77. The van der Waals surface area contributed by atoms with E-state index in [-0.39, 0.29) is 17.9 Å². The van der Waals surface area contributed by atoms with Gasteiger partial charge in [-0.3, -0.25) is 9.78 Å². The molecule has 0 fully saturated rings. The largest absolute Gasteiger partial charge is 0.417 e. The number of hydrogen-bond acceptors (Lipinski definition) is 2. The second kappa shape index (κ2) is 6.05. The number of aromatic nitrogens is 1. The summed E-state index contributed by atoms with van der Waals surface area (Å²) in [6.07, 6.45) is -2.00. The number of carbonyl (C=O) groups is 1. The predicted molar refractivity (Wildman–Crippen MR) is 59.4 cm³/mol. The zero-order valence-corrected chi connectivity index (χ0v) is 9.64. The molecule has 0 aliphatic rings. The van der Waals surface area contributed by atoms with Gasteiger partial charge in [0.1, 0.15) is 0 Å². The molecule has 0 aliphatic heterocycles. The first-order valence-corrected chi connectivity index (χ1v) is 5.16. The molecule has 0 bridgehead atoms. The molecule has 1 aromatic rings. The van der Waals surface area contributed by atoms with Gasteiger partial charge in [-0.05, 0) is 6.07 Å². The first-order chi connectivity index (χ1) is 8.41. The summed E-state index contributed by atoms with van der Waals surface area (Å²) >= 11 is 0. The molecule has 1 rings (SSSR count). The van der Waals surface area contributed by atoms with Crippen molar-refractivity contribution in [2.24, 2.45) is 0 Å². The number of carbonyl (C=O) groups excluding carboxylic acids is 1. The van der Waals surface area contributed by atoms with Gasteiger partial charge in [0.05, 0.1) is 11.1 Å². The molecule has 1 N–H and O–H groups in total. The molecule has 18 heavy (non-hydrogen) atoms. The number of hydrogen-bond donors (Lipinski definition) is 1. The summed E-state index contributed by atoms with van der Waals surface area (Å²) in [7, 11) is 0. The second-order valence-corrected chi connectivity index (χ2v) is 3.45. The van der Waals surface area contributed by atoms with Crippen molar-refractivity contribution in [3.63, 3.8) is 0 Å². The molecule has 96 valence electrons. The van der Waals surface area contributed by atoms with Crippen LogP contribution >= 0.6 is 0 Å². The minimum Gasteiger partial charge on any atom is -0.355 e. The summed E-state index contributed by atoms with van der Waals surface area (Å²) in [5, 5.41) is 2.50. The highest BCUT2D eigenvalue weighted by atomic mass is 19.4. The molecule has 0 saturated carbocycles. The first kappa shape index (κ1) is 14.0. The average Bonchev–Trinajstić information content (AvgIpc) is 2.27. The molecule has 1 heterocycles. The second-order valence-electron chi connectivity index (χ2n) is 3.45. The van der Waals surface area contributed by atoms with Crippen molar-refractivity contribution < 1.29 is 18.0 Å². The van der Waals surface area contributed by atoms with Crippen LogP contribution < -0.4 is 5.32 Å². The normalized spacial score (nSPS) is 10.4. The Bertz CT molecular complexity index is 486. The van der Waals surface area contributed by atoms with Crippen molar-refractivity contribution in [2.45, 2.75) is 19.5 Å². The number of amides is 1. The maximum atomic E-state index is 12.6. The fraction of sp³-hybridized carbons (Fsp3) is 0.333. The summed E-state index contributed by atoms with van der Waals surface area (Å²) in [6.45, 7) is 1.67. The van der Waals surface area contributed by atoms with E-state index in [0.717, 1.165) is 18.5 Å². The summed E-state index contributed by atoms with van der Waals surface area (Å²) in [4.78, 5) is 14.2. The fourth-order valence-corrected chi connectivity index (χ4v) is 1.20. The van der Waals surface area contributed by atoms with E-state index in [1.807, 2.05) is 0 Å². The van der Waals surface area contributed by atoms with Crippen LogP contribution in [0.2, 0.25) is 0 Å². The van der Waals surface area contributed by atoms with Gasteiger partial charge in [0.2, 0.25) is 5.91 Å². The minimum atomic E-state index is -4.44. The smallest absolute Gasteiger partial charge is 0.355 e. The highest BCUT2D eigenvalue weighted by Gasteiger charge is 2.32. The van der Waals surface area contributed by atoms with E-state index < -0.39 is 11.7 Å². The lowest BCUT2D eigenvalue weighted by Crippen LogP contribution is -2.20. The number of halogens is 3. The van der Waals surface area contributed by atoms with Crippen molar-refractivity contribution in [1.29, 1.82) is 0 Å². The zero-order chi connectivity index (χ0) is 13.6. The monoisotopic (exact) mass is 256 g/mol. The summed E-state index contributed by atoms with van der Waals surface area (Å²) in [5.41, 5.74) is -0.961. The van der Waals surface area contributed by atoms with Gasteiger partial charge in [-0.2, -0.15) is 13.2 Å². The number of pyridine rings is 1. The van der Waals surface area contributed by atoms with E-state index in [1.165, 1.54) is 6.92 Å². The van der Waals surface area contributed by atoms with Crippen LogP contribution in [-0.2, 0) is 11.0 Å². The van der Waals surface area contributed by atoms with Crippen molar-refractivity contribution in [3.8, 4) is 11.8 Å². The van der Waals surface area contributed by atoms with Crippen molar-refractivity contribution >= 4 is 5.91 Å². The van der Waals surface area contributed by atoms with E-state index in [4.69, 9.17) is 0 Å². The third kappa shape index (κ3) is 4.45. The minimum absolute atomic E-state index is 0.159. The van der Waals surface area contributed by atoms with Crippen LogP contribution in [-0.4, -0.2) is 17.4 Å². The quantitative estimate of drug-likeness (QED) is 0.649. The Kier molecular flexibility index (Phi) is 4.72. The summed E-state index contributed by atoms with van der Waals surface area (Å²) < 4.78 is 37.7. The van der Waals surface area contributed by atoms with Crippen LogP contribution in [0.5, 0.6) is 0 Å². The molecule has 0 atom stereocenters. The van der Waals surface area contributed by atoms with Gasteiger partial charge in [-0.25, -0.2) is 0 Å². The van der Waals surface area contributed by atoms with Crippen molar-refractivity contribution in [1.82, 2.24) is 10.3 Å². The number of nitrogens with zero attached hydrogens (tertiary/aromatic N) is 1. The van der Waals surface area contributed by atoms with Crippen LogP contribution in [0.1, 0.15) is 24.5 Å². The molecular weight excluding hydrogens is 245 g/mol. The van der Waals surface area contributed by atoms with Crippen LogP contribution in [0.25, 0.3) is 0 Å². The molecule has 6 heteroatoms. The van der Waals surface area contributed by atoms with Crippen LogP contribution in [0.4, 0.5) is 13.2 Å². The van der Waals surface area contributed by atoms with Gasteiger partial charge >= 0.3 is 6.18 Å². The third-order valence-electron chi connectivity index (χ3n) is 1.97. The maximum Gasteiger partial charge on any atom is 0.417 e. The Morgan fingerprint density at radius 1 is 1.50 bits per heavy atom. The van der Waals surface area contributed by atoms with Crippen molar-refractivity contribution in [3.05, 3.63) is 29.6 Å². The Balaban J connectivity index is 2.73. The fourth-order valence-electron chi connectivity index (χ4n) is 1.20. The van der Waals surface area contributed by atoms with E-state index in [2.05, 4.69) is 22.1 Å². The summed E-state index contributed by atoms with van der Waals surface area (Å²) in [6, 6.07) is 0.887. The van der Waals surface area contributed by atoms with E-state index in [9.17, 15) is 18.0 Å². The topological polar surface area (TPSA) is 42.0 Å². The predicted octanol–water partition coefficient (Wildman–Crippen LogP) is 1.98. The highest BCUT2D eigenvalue weighted by Crippen LogP contribution is 2.30. The molecule has 1 amide bonds. The Hall–Kier alpha value is -2.03. The van der Waals surface area contributed by atoms with Gasteiger partial charge in [0, 0.05) is 32.3 Å². The SMILES string of the molecule is CC(=O)NCCC#Cc1cnccc1C(F)(F)F. The lowest BCUT2D eigenvalue weighted by molar-refractivity contribution is -0.137. The van der Waals surface area contributed by atoms with Gasteiger partial charge < -0.3 is 5.32 Å². The first-order valence-electron chi connectivity index (χ1n) is 5.16. The Morgan fingerprint density at radius 2 is 2.22 bits per heavy atom. The molecule has 0 radical (unpaired) electrons. The van der Waals surface area contributed by atoms with E-state index in [1.54, 1.807) is 0 Å². The lowest BCUT2D eigenvalue weighted by Gasteiger charge is -2.07. The Morgan fingerprint density at radius 3 is 2.83 bits per heavy atom. The van der Waals surface area contributed by atoms with Crippen molar-refractivity contribution in [2.75, 3.05) is 6.54 Å². The lowest BCUT2D eigenvalue weighted by atomic mass is 10.1. The number of alkyl halides is 3. The third-order valence-corrected chi connectivity index (χ3v) is 1.97. The van der Waals surface area contributed by atoms with Gasteiger partial charge in [-0.15, -0.1) is 0 Å². The molecule has 0 saturated heterocycles. The number of nitrogens with one attached hydrogen (secondary N) is 1.